The number of allylic oxidation sites excluding steroid dienone is 2. The highest BCUT2D eigenvalue weighted by atomic mass is 16.3. The van der Waals surface area contributed by atoms with Crippen molar-refractivity contribution in [3.63, 3.8) is 0 Å². The van der Waals surface area contributed by atoms with E-state index in [9.17, 15) is 24.3 Å². The van der Waals surface area contributed by atoms with E-state index in [1.165, 1.54) is 9.80 Å². The molecular formula is C49H46N8O5. The molecule has 6 atom stereocenters. The Bertz CT molecular complexity index is 2670. The molecule has 3 fully saturated rings. The average Bonchev–Trinajstić information content (AvgIpc) is 3.69. The Hall–Kier alpha value is -7.28. The van der Waals surface area contributed by atoms with E-state index in [0.29, 0.717) is 46.1 Å². The first-order valence-electron chi connectivity index (χ1n) is 20.7. The highest BCUT2D eigenvalue weighted by Gasteiger charge is 2.62. The molecule has 1 saturated carbocycles. The summed E-state index contributed by atoms with van der Waals surface area (Å²) >= 11 is 0. The Balaban J connectivity index is 0.984. The first kappa shape index (κ1) is 40.1. The molecule has 0 bridgehead atoms. The molecular weight excluding hydrogens is 781 g/mol. The maximum absolute atomic E-state index is 14.6. The summed E-state index contributed by atoms with van der Waals surface area (Å²) in [5.41, 5.74) is 7.73. The van der Waals surface area contributed by atoms with Crippen LogP contribution in [-0.4, -0.2) is 56.9 Å². The van der Waals surface area contributed by atoms with E-state index < -0.39 is 35.5 Å². The summed E-state index contributed by atoms with van der Waals surface area (Å²) in [6.07, 6.45) is 2.59. The highest BCUT2D eigenvalue weighted by molar-refractivity contribution is 6.24. The van der Waals surface area contributed by atoms with Gasteiger partial charge in [0.25, 0.3) is 0 Å². The van der Waals surface area contributed by atoms with Gasteiger partial charge in [-0.15, -0.1) is 0 Å². The number of azo groups is 2. The largest absolute Gasteiger partial charge is 0.508 e. The van der Waals surface area contributed by atoms with E-state index in [-0.39, 0.29) is 35.8 Å². The number of hydrogen-bond donors (Lipinski definition) is 1. The Morgan fingerprint density at radius 2 is 0.968 bits per heavy atom. The van der Waals surface area contributed by atoms with Crippen LogP contribution in [0.2, 0.25) is 0 Å². The molecule has 0 spiro atoms. The van der Waals surface area contributed by atoms with E-state index in [4.69, 9.17) is 0 Å². The fourth-order valence-electron chi connectivity index (χ4n) is 9.55. The third kappa shape index (κ3) is 7.12. The van der Waals surface area contributed by atoms with Gasteiger partial charge in [0.15, 0.2) is 0 Å². The van der Waals surface area contributed by atoms with Gasteiger partial charge in [-0.2, -0.15) is 20.5 Å². The number of carbonyl (C=O) groups is 4. The molecule has 13 heteroatoms. The molecule has 312 valence electrons. The molecule has 2 aliphatic carbocycles. The molecule has 5 aromatic carbocycles. The van der Waals surface area contributed by atoms with Gasteiger partial charge in [-0.25, -0.2) is 0 Å². The third-order valence-corrected chi connectivity index (χ3v) is 12.7. The number of benzene rings is 5. The molecule has 2 aliphatic heterocycles. The number of fused-ring (bicyclic) bond motifs is 4. The van der Waals surface area contributed by atoms with Gasteiger partial charge in [-0.05, 0) is 140 Å². The van der Waals surface area contributed by atoms with E-state index in [0.717, 1.165) is 22.5 Å². The lowest BCUT2D eigenvalue weighted by molar-refractivity contribution is -0.126. The normalized spacial score (nSPS) is 23.2. The third-order valence-electron chi connectivity index (χ3n) is 12.7. The molecule has 9 rings (SSSR count). The molecule has 4 amide bonds. The predicted molar refractivity (Wildman–Crippen MR) is 238 cm³/mol. The smallest absolute Gasteiger partial charge is 0.238 e. The number of aromatic hydroxyl groups is 1. The maximum atomic E-state index is 14.6. The number of hydrogen-bond acceptors (Lipinski definition) is 11. The molecule has 4 aliphatic rings. The van der Waals surface area contributed by atoms with E-state index in [1.54, 1.807) is 67.6 Å². The molecule has 2 saturated heterocycles. The number of amides is 4. The summed E-state index contributed by atoms with van der Waals surface area (Å²) in [7, 11) is 7.87. The first-order chi connectivity index (χ1) is 29.9. The second-order valence-corrected chi connectivity index (χ2v) is 16.8. The van der Waals surface area contributed by atoms with Crippen LogP contribution in [0.15, 0.2) is 147 Å². The number of imide groups is 2. The number of carbonyl (C=O) groups excluding carboxylic acids is 4. The number of anilines is 4. The van der Waals surface area contributed by atoms with Crippen molar-refractivity contribution in [2.24, 2.45) is 50.0 Å². The molecule has 0 aromatic heterocycles. The molecule has 62 heavy (non-hydrogen) atoms. The predicted octanol–water partition coefficient (Wildman–Crippen LogP) is 9.71. The molecule has 1 N–H and O–H groups in total. The Labute approximate surface area is 359 Å². The fraction of sp³-hybridized carbons (Fsp3) is 0.265. The number of phenols is 1. The van der Waals surface area contributed by atoms with E-state index in [2.05, 4.69) is 20.5 Å². The summed E-state index contributed by atoms with van der Waals surface area (Å²) in [5.74, 6) is -4.99. The van der Waals surface area contributed by atoms with Gasteiger partial charge in [0.2, 0.25) is 23.6 Å². The number of aryl methyl sites for hydroxylation is 1. The summed E-state index contributed by atoms with van der Waals surface area (Å²) < 4.78 is 0. The minimum atomic E-state index is -0.745. The highest BCUT2D eigenvalue weighted by Crippen LogP contribution is 2.58. The van der Waals surface area contributed by atoms with Crippen LogP contribution in [0.5, 0.6) is 5.75 Å². The van der Waals surface area contributed by atoms with Crippen LogP contribution >= 0.6 is 0 Å². The van der Waals surface area contributed by atoms with Gasteiger partial charge in [0.1, 0.15) is 5.75 Å². The Kier molecular flexibility index (Phi) is 10.3. The van der Waals surface area contributed by atoms with Crippen LogP contribution in [0.1, 0.15) is 29.9 Å². The standard InChI is InChI=1S/C49H46N8O5/c1-28-26-29(6-25-42(28)58)43-38-23-24-39-44(48(61)56(46(39)59)36-19-11-32(12-20-36)52-50-30-7-15-34(16-8-30)54(2)3)40(38)27-41-45(43)49(62)57(47(41)60)37-21-13-33(14-22-37)53-51-31-9-17-35(18-10-31)55(4)5/h6-23,25-26,39-41,43-45,58H,24,27H2,1-5H3. The fourth-order valence-corrected chi connectivity index (χ4v) is 9.55. The van der Waals surface area contributed by atoms with Crippen molar-refractivity contribution in [3.05, 3.63) is 138 Å². The minimum Gasteiger partial charge on any atom is -0.508 e. The van der Waals surface area contributed by atoms with Crippen LogP contribution in [0.25, 0.3) is 0 Å². The summed E-state index contributed by atoms with van der Waals surface area (Å²) in [6.45, 7) is 1.79. The maximum Gasteiger partial charge on any atom is 0.238 e. The molecule has 5 aromatic rings. The van der Waals surface area contributed by atoms with Crippen molar-refractivity contribution in [3.8, 4) is 5.75 Å². The van der Waals surface area contributed by atoms with Gasteiger partial charge < -0.3 is 14.9 Å². The lowest BCUT2D eigenvalue weighted by atomic mass is 9.57. The van der Waals surface area contributed by atoms with Crippen molar-refractivity contribution < 1.29 is 24.3 Å². The van der Waals surface area contributed by atoms with Crippen LogP contribution < -0.4 is 19.6 Å². The Morgan fingerprint density at radius 3 is 1.42 bits per heavy atom. The van der Waals surface area contributed by atoms with E-state index >= 15 is 0 Å². The van der Waals surface area contributed by atoms with Crippen molar-refractivity contribution in [1.82, 2.24) is 0 Å². The topological polar surface area (TPSA) is 151 Å². The van der Waals surface area contributed by atoms with Crippen molar-refractivity contribution >= 4 is 69.1 Å². The summed E-state index contributed by atoms with van der Waals surface area (Å²) in [4.78, 5) is 64.5. The zero-order chi connectivity index (χ0) is 43.4. The van der Waals surface area contributed by atoms with Crippen molar-refractivity contribution in [1.29, 1.82) is 0 Å². The summed E-state index contributed by atoms with van der Waals surface area (Å²) in [5, 5.41) is 27.9. The average molecular weight is 827 g/mol. The van der Waals surface area contributed by atoms with Gasteiger partial charge in [-0.3, -0.25) is 29.0 Å². The number of rotatable bonds is 9. The van der Waals surface area contributed by atoms with Gasteiger partial charge in [0.05, 0.1) is 57.8 Å². The lowest BCUT2D eigenvalue weighted by Crippen LogP contribution is -2.43. The van der Waals surface area contributed by atoms with E-state index in [1.807, 2.05) is 98.7 Å². The second kappa shape index (κ2) is 16.0. The van der Waals surface area contributed by atoms with Crippen molar-refractivity contribution in [2.75, 3.05) is 47.8 Å². The zero-order valence-electron chi connectivity index (χ0n) is 35.1. The van der Waals surface area contributed by atoms with Crippen LogP contribution in [0.4, 0.5) is 45.5 Å². The molecule has 2 heterocycles. The SMILES string of the molecule is Cc1cc(C2C3=CCC4C(=O)N(c5ccc(N=Nc6ccc(N(C)C)cc6)cc5)C(=O)C4C3CC3C(=O)N(c4ccc(N=Nc5ccc(N(C)C)cc5)cc4)C(=O)C32)ccc1O. The van der Waals surface area contributed by atoms with Crippen LogP contribution in [0, 0.1) is 36.5 Å². The number of nitrogens with zero attached hydrogens (tertiary/aromatic N) is 8. The second-order valence-electron chi connectivity index (χ2n) is 16.8. The molecule has 13 nitrogen and oxygen atoms in total. The van der Waals surface area contributed by atoms with Gasteiger partial charge >= 0.3 is 0 Å². The molecule has 0 radical (unpaired) electrons. The Morgan fingerprint density at radius 1 is 0.532 bits per heavy atom. The molecule has 6 unspecified atom stereocenters. The quantitative estimate of drug-likeness (QED) is 0.0883. The number of phenolic OH excluding ortho intramolecular Hbond substituents is 1. The van der Waals surface area contributed by atoms with Gasteiger partial charge in [-0.1, -0.05) is 23.8 Å². The van der Waals surface area contributed by atoms with Crippen LogP contribution in [-0.2, 0) is 19.2 Å². The summed E-state index contributed by atoms with van der Waals surface area (Å²) in [6, 6.07) is 34.3. The minimum absolute atomic E-state index is 0.118. The zero-order valence-corrected chi connectivity index (χ0v) is 35.1. The van der Waals surface area contributed by atoms with Crippen molar-refractivity contribution in [2.45, 2.75) is 25.7 Å². The first-order valence-corrected chi connectivity index (χ1v) is 20.7. The van der Waals surface area contributed by atoms with Gasteiger partial charge in [0, 0.05) is 45.5 Å². The monoisotopic (exact) mass is 826 g/mol. The van der Waals surface area contributed by atoms with Crippen LogP contribution in [0.3, 0.4) is 0 Å². The lowest BCUT2D eigenvalue weighted by Gasteiger charge is -2.44.